The lowest BCUT2D eigenvalue weighted by Gasteiger charge is -1.86. The van der Waals surface area contributed by atoms with Gasteiger partial charge in [0.1, 0.15) is 12.1 Å². The molecule has 0 fully saturated rings. The van der Waals surface area contributed by atoms with Gasteiger partial charge in [0.05, 0.1) is 1.37 Å². The fourth-order valence-corrected chi connectivity index (χ4v) is 0.491. The Kier molecular flexibility index (Phi) is 4.17. The molecule has 0 saturated heterocycles. The Morgan fingerprint density at radius 2 is 1.86 bits per heavy atom. The summed E-state index contributed by atoms with van der Waals surface area (Å²) in [4.78, 5) is 10.1. The Hall–Kier alpha value is -1.31. The number of rotatable bonds is 1. The van der Waals surface area contributed by atoms with Crippen LogP contribution in [-0.4, -0.2) is 23.8 Å². The van der Waals surface area contributed by atoms with Crippen LogP contribution in [-0.2, 0) is 10.4 Å². The van der Waals surface area contributed by atoms with Gasteiger partial charge in [-0.3, -0.25) is 13.9 Å². The van der Waals surface area contributed by atoms with Gasteiger partial charge >= 0.3 is 10.4 Å². The Morgan fingerprint density at radius 3 is 2.21 bits per heavy atom. The number of halogens is 1. The van der Waals surface area contributed by atoms with Gasteiger partial charge in [-0.25, -0.2) is 4.39 Å². The Labute approximate surface area is 81.2 Å². The van der Waals surface area contributed by atoms with Crippen LogP contribution in [0.1, 0.15) is 11.7 Å². The highest BCUT2D eigenvalue weighted by Crippen LogP contribution is 1.98. The maximum atomic E-state index is 12.3. The summed E-state index contributed by atoms with van der Waals surface area (Å²) in [6, 6.07) is 3.37. The van der Waals surface area contributed by atoms with Crippen LogP contribution in [0.5, 0.6) is 0 Å². The molecule has 2 N–H and O–H groups in total. The predicted octanol–water partition coefficient (Wildman–Crippen LogP) is 0.985. The van der Waals surface area contributed by atoms with Crippen molar-refractivity contribution in [2.45, 2.75) is 0 Å². The summed E-state index contributed by atoms with van der Waals surface area (Å²) >= 11 is 0. The van der Waals surface area contributed by atoms with Crippen LogP contribution in [0.25, 0.3) is 0 Å². The highest BCUT2D eigenvalue weighted by Gasteiger charge is 1.88. The van der Waals surface area contributed by atoms with Crippen molar-refractivity contribution in [3.8, 4) is 0 Å². The third-order valence-corrected chi connectivity index (χ3v) is 0.935. The second kappa shape index (κ2) is 5.43. The first-order valence-electron chi connectivity index (χ1n) is 3.65. The lowest BCUT2D eigenvalue weighted by molar-refractivity contribution is 0.112. The molecule has 1 rings (SSSR count). The van der Waals surface area contributed by atoms with E-state index in [1.54, 1.807) is 0 Å². The zero-order chi connectivity index (χ0) is 12.1. The van der Waals surface area contributed by atoms with Crippen molar-refractivity contribution >= 4 is 16.7 Å². The van der Waals surface area contributed by atoms with E-state index in [4.69, 9.17) is 18.9 Å². The standard InChI is InChI=1S/C7H5FO.H2O4S/c8-7-3-1-6(5-9)2-4-7;1-5(2,3)4/h1-5H;(H2,1,2,3,4)/i3D;. The van der Waals surface area contributed by atoms with Crippen molar-refractivity contribution in [1.82, 2.24) is 0 Å². The second-order valence-electron chi connectivity index (χ2n) is 2.04. The van der Waals surface area contributed by atoms with Crippen LogP contribution in [0.2, 0.25) is 0 Å². The van der Waals surface area contributed by atoms with Crippen molar-refractivity contribution in [2.24, 2.45) is 0 Å². The minimum Gasteiger partial charge on any atom is -0.298 e. The zero-order valence-electron chi connectivity index (χ0n) is 7.71. The van der Waals surface area contributed by atoms with Gasteiger partial charge in [-0.2, -0.15) is 8.42 Å². The van der Waals surface area contributed by atoms with E-state index < -0.39 is 16.2 Å². The first-order chi connectivity index (χ1) is 6.74. The number of carbonyl (C=O) groups is 1. The molecule has 1 aromatic rings. The average molecular weight is 223 g/mol. The summed E-state index contributed by atoms with van der Waals surface area (Å²) in [6.45, 7) is 0. The molecule has 5 nitrogen and oxygen atoms in total. The van der Waals surface area contributed by atoms with E-state index in [1.807, 2.05) is 0 Å². The second-order valence-corrected chi connectivity index (χ2v) is 2.93. The molecule has 0 saturated carbocycles. The predicted molar refractivity (Wildman–Crippen MR) is 46.0 cm³/mol. The van der Waals surface area contributed by atoms with E-state index in [1.165, 1.54) is 12.1 Å². The largest absolute Gasteiger partial charge is 0.394 e. The number of hydrogen-bond donors (Lipinski definition) is 2. The first-order valence-corrected chi connectivity index (χ1v) is 4.55. The molecule has 7 heteroatoms. The lowest BCUT2D eigenvalue weighted by atomic mass is 10.2. The van der Waals surface area contributed by atoms with Crippen molar-refractivity contribution < 1.29 is 28.1 Å². The molecular formula is C7H7FO5S. The Bertz CT molecular complexity index is 437. The quantitative estimate of drug-likeness (QED) is 0.547. The monoisotopic (exact) mass is 223 g/mol. The van der Waals surface area contributed by atoms with Crippen molar-refractivity contribution in [2.75, 3.05) is 0 Å². The fourth-order valence-electron chi connectivity index (χ4n) is 0.491. The normalized spacial score (nSPS) is 10.9. The maximum absolute atomic E-state index is 12.3. The first kappa shape index (κ1) is 10.8. The lowest BCUT2D eigenvalue weighted by Crippen LogP contribution is -1.89. The van der Waals surface area contributed by atoms with Crippen LogP contribution in [0, 0.1) is 5.82 Å². The molecule has 0 spiro atoms. The van der Waals surface area contributed by atoms with Crippen molar-refractivity contribution in [3.05, 3.63) is 35.6 Å². The van der Waals surface area contributed by atoms with Gasteiger partial charge in [0.2, 0.25) is 0 Å². The molecule has 14 heavy (non-hydrogen) atoms. The van der Waals surface area contributed by atoms with E-state index in [0.29, 0.717) is 11.8 Å². The molecule has 0 heterocycles. The number of carbonyl (C=O) groups excluding carboxylic acids is 1. The molecule has 0 unspecified atom stereocenters. The molecule has 1 aromatic carbocycles. The van der Waals surface area contributed by atoms with Gasteiger partial charge in [-0.05, 0) is 24.2 Å². The van der Waals surface area contributed by atoms with Crippen LogP contribution >= 0.6 is 0 Å². The van der Waals surface area contributed by atoms with Gasteiger partial charge in [-0.15, -0.1) is 0 Å². The number of hydrogen-bond acceptors (Lipinski definition) is 3. The van der Waals surface area contributed by atoms with E-state index in [-0.39, 0.29) is 6.04 Å². The molecule has 78 valence electrons. The third kappa shape index (κ3) is 8.78. The van der Waals surface area contributed by atoms with Crippen molar-refractivity contribution in [1.29, 1.82) is 0 Å². The Morgan fingerprint density at radius 1 is 1.36 bits per heavy atom. The number of benzene rings is 1. The van der Waals surface area contributed by atoms with Gasteiger partial charge in [0.25, 0.3) is 0 Å². The maximum Gasteiger partial charge on any atom is 0.394 e. The van der Waals surface area contributed by atoms with E-state index in [9.17, 15) is 9.18 Å². The van der Waals surface area contributed by atoms with Crippen LogP contribution in [0.15, 0.2) is 24.2 Å². The summed E-state index contributed by atoms with van der Waals surface area (Å²) in [5, 5.41) is 0. The minimum absolute atomic E-state index is 0.246. The highest BCUT2D eigenvalue weighted by atomic mass is 32.3. The average Bonchev–Trinajstić information content (AvgIpc) is 2.07. The fraction of sp³-hybridized carbons (Fsp3) is 0. The van der Waals surface area contributed by atoms with Crippen LogP contribution < -0.4 is 0 Å². The van der Waals surface area contributed by atoms with Gasteiger partial charge in [0.15, 0.2) is 0 Å². The zero-order valence-corrected chi connectivity index (χ0v) is 7.53. The third-order valence-electron chi connectivity index (χ3n) is 0.935. The Balaban J connectivity index is 0.000000336. The molecule has 0 radical (unpaired) electrons. The van der Waals surface area contributed by atoms with Crippen LogP contribution in [0.3, 0.4) is 0 Å². The molecule has 0 aliphatic heterocycles. The smallest absolute Gasteiger partial charge is 0.298 e. The summed E-state index contributed by atoms with van der Waals surface area (Å²) in [5.41, 5.74) is 0.325. The molecule has 0 atom stereocenters. The van der Waals surface area contributed by atoms with E-state index in [2.05, 4.69) is 0 Å². The number of aldehydes is 1. The van der Waals surface area contributed by atoms with E-state index in [0.717, 1.165) is 6.07 Å². The molecular weight excluding hydrogens is 215 g/mol. The topological polar surface area (TPSA) is 91.7 Å². The van der Waals surface area contributed by atoms with Gasteiger partial charge < -0.3 is 0 Å². The molecule has 0 bridgehead atoms. The van der Waals surface area contributed by atoms with Gasteiger partial charge in [0, 0.05) is 5.56 Å². The summed E-state index contributed by atoms with van der Waals surface area (Å²) in [6.07, 6.45) is 0.581. The SMILES string of the molecule is O=S(=O)(O)O.[2H]c1cc(C=O)ccc1F. The molecule has 0 aromatic heterocycles. The molecule has 0 aliphatic rings. The summed E-state index contributed by atoms with van der Waals surface area (Å²) in [5.74, 6) is -0.606. The van der Waals surface area contributed by atoms with Crippen molar-refractivity contribution in [3.63, 3.8) is 0 Å². The van der Waals surface area contributed by atoms with E-state index >= 15 is 0 Å². The summed E-state index contributed by atoms with van der Waals surface area (Å²) in [7, 11) is -4.67. The minimum atomic E-state index is -4.67. The molecule has 0 aliphatic carbocycles. The van der Waals surface area contributed by atoms with Crippen LogP contribution in [0.4, 0.5) is 4.39 Å². The molecule has 0 amide bonds. The summed E-state index contributed by atoms with van der Waals surface area (Å²) < 4.78 is 50.8. The van der Waals surface area contributed by atoms with Gasteiger partial charge in [-0.1, -0.05) is 0 Å². The highest BCUT2D eigenvalue weighted by molar-refractivity contribution is 7.79.